The Morgan fingerprint density at radius 3 is 2.50 bits per heavy atom. The van der Waals surface area contributed by atoms with Crippen molar-refractivity contribution in [2.75, 3.05) is 0 Å². The highest BCUT2D eigenvalue weighted by Gasteiger charge is 2.20. The molecule has 0 saturated heterocycles. The topological polar surface area (TPSA) is 70.6 Å². The molecule has 1 aromatic carbocycles. The molecule has 0 bridgehead atoms. The van der Waals surface area contributed by atoms with Gasteiger partial charge in [0.1, 0.15) is 0 Å². The van der Waals surface area contributed by atoms with E-state index >= 15 is 0 Å². The maximum absolute atomic E-state index is 12.0. The van der Waals surface area contributed by atoms with Gasteiger partial charge in [-0.05, 0) is 37.5 Å². The van der Waals surface area contributed by atoms with Crippen molar-refractivity contribution in [3.8, 4) is 0 Å². The van der Waals surface area contributed by atoms with Crippen molar-refractivity contribution in [2.24, 2.45) is 11.0 Å². The van der Waals surface area contributed by atoms with Gasteiger partial charge >= 0.3 is 0 Å². The molecule has 2 N–H and O–H groups in total. The SMILES string of the molecule is C/C(CC(=O)NCc1ccc(Cl)cc1)=N/NC(=O)C1CCCCC1. The van der Waals surface area contributed by atoms with Gasteiger partial charge in [-0.25, -0.2) is 5.43 Å². The van der Waals surface area contributed by atoms with E-state index in [1.54, 1.807) is 19.1 Å². The summed E-state index contributed by atoms with van der Waals surface area (Å²) >= 11 is 5.82. The minimum absolute atomic E-state index is 0.0318. The second kappa shape index (κ2) is 9.42. The first-order valence-electron chi connectivity index (χ1n) is 8.39. The molecule has 0 heterocycles. The van der Waals surface area contributed by atoms with Crippen LogP contribution in [0.5, 0.6) is 0 Å². The van der Waals surface area contributed by atoms with Crippen LogP contribution in [-0.4, -0.2) is 17.5 Å². The van der Waals surface area contributed by atoms with Gasteiger partial charge in [-0.1, -0.05) is 43.0 Å². The molecule has 24 heavy (non-hydrogen) atoms. The number of benzene rings is 1. The normalized spacial score (nSPS) is 15.8. The monoisotopic (exact) mass is 349 g/mol. The van der Waals surface area contributed by atoms with Crippen LogP contribution in [0.2, 0.25) is 5.02 Å². The summed E-state index contributed by atoms with van der Waals surface area (Å²) in [5.41, 5.74) is 4.16. The minimum Gasteiger partial charge on any atom is -0.352 e. The zero-order valence-corrected chi connectivity index (χ0v) is 14.7. The Labute approximate surface area is 147 Å². The van der Waals surface area contributed by atoms with Crippen LogP contribution in [0.4, 0.5) is 0 Å². The third-order valence-corrected chi connectivity index (χ3v) is 4.40. The highest BCUT2D eigenvalue weighted by atomic mass is 35.5. The minimum atomic E-state index is -0.127. The summed E-state index contributed by atoms with van der Waals surface area (Å²) in [4.78, 5) is 23.9. The lowest BCUT2D eigenvalue weighted by Gasteiger charge is -2.19. The number of nitrogens with one attached hydrogen (secondary N) is 2. The average Bonchev–Trinajstić information content (AvgIpc) is 2.60. The molecule has 1 aliphatic rings. The molecule has 1 aromatic rings. The van der Waals surface area contributed by atoms with Gasteiger partial charge < -0.3 is 5.32 Å². The number of hydrogen-bond acceptors (Lipinski definition) is 3. The van der Waals surface area contributed by atoms with Crippen molar-refractivity contribution in [3.05, 3.63) is 34.9 Å². The Hall–Kier alpha value is -1.88. The van der Waals surface area contributed by atoms with Crippen molar-refractivity contribution in [1.29, 1.82) is 0 Å². The van der Waals surface area contributed by atoms with E-state index in [0.29, 0.717) is 17.3 Å². The number of carbonyl (C=O) groups is 2. The zero-order valence-electron chi connectivity index (χ0n) is 14.0. The van der Waals surface area contributed by atoms with E-state index in [4.69, 9.17) is 11.6 Å². The summed E-state index contributed by atoms with van der Waals surface area (Å²) in [6.07, 6.45) is 5.45. The quantitative estimate of drug-likeness (QED) is 0.610. The molecule has 0 aromatic heterocycles. The van der Waals surface area contributed by atoms with Crippen molar-refractivity contribution < 1.29 is 9.59 Å². The zero-order chi connectivity index (χ0) is 17.4. The van der Waals surface area contributed by atoms with Crippen molar-refractivity contribution in [3.63, 3.8) is 0 Å². The Morgan fingerprint density at radius 2 is 1.83 bits per heavy atom. The van der Waals surface area contributed by atoms with Crippen LogP contribution < -0.4 is 10.7 Å². The summed E-state index contributed by atoms with van der Waals surface area (Å²) in [5.74, 6) is -0.0947. The molecule has 1 saturated carbocycles. The fourth-order valence-corrected chi connectivity index (χ4v) is 2.87. The fourth-order valence-electron chi connectivity index (χ4n) is 2.74. The van der Waals surface area contributed by atoms with Crippen LogP contribution in [-0.2, 0) is 16.1 Å². The lowest BCUT2D eigenvalue weighted by molar-refractivity contribution is -0.126. The fraction of sp³-hybridized carbons (Fsp3) is 0.500. The maximum atomic E-state index is 12.0. The molecule has 0 spiro atoms. The summed E-state index contributed by atoms with van der Waals surface area (Å²) in [6.45, 7) is 2.18. The van der Waals surface area contributed by atoms with Crippen LogP contribution in [0.15, 0.2) is 29.4 Å². The van der Waals surface area contributed by atoms with E-state index in [2.05, 4.69) is 15.8 Å². The standard InChI is InChI=1S/C18H24ClN3O2/c1-13(21-22-18(24)15-5-3-2-4-6-15)11-17(23)20-12-14-7-9-16(19)10-8-14/h7-10,15H,2-6,11-12H2,1H3,(H,20,23)(H,22,24)/b21-13-. The first-order valence-corrected chi connectivity index (χ1v) is 8.76. The summed E-state index contributed by atoms with van der Waals surface area (Å²) < 4.78 is 0. The molecule has 5 nitrogen and oxygen atoms in total. The molecular formula is C18H24ClN3O2. The number of halogens is 1. The van der Waals surface area contributed by atoms with Gasteiger partial charge in [0.2, 0.25) is 11.8 Å². The second-order valence-corrected chi connectivity index (χ2v) is 6.67. The molecule has 1 fully saturated rings. The third kappa shape index (κ3) is 6.32. The predicted molar refractivity (Wildman–Crippen MR) is 95.7 cm³/mol. The van der Waals surface area contributed by atoms with Crippen LogP contribution in [0, 0.1) is 5.92 Å². The van der Waals surface area contributed by atoms with Crippen molar-refractivity contribution in [2.45, 2.75) is 52.0 Å². The van der Waals surface area contributed by atoms with Gasteiger partial charge in [0.15, 0.2) is 0 Å². The second-order valence-electron chi connectivity index (χ2n) is 6.24. The van der Waals surface area contributed by atoms with Gasteiger partial charge in [-0.2, -0.15) is 5.10 Å². The molecule has 6 heteroatoms. The predicted octanol–water partition coefficient (Wildman–Crippen LogP) is 3.42. The van der Waals surface area contributed by atoms with E-state index in [1.165, 1.54) is 6.42 Å². The Kier molecular flexibility index (Phi) is 7.25. The molecule has 2 rings (SSSR count). The Morgan fingerprint density at radius 1 is 1.17 bits per heavy atom. The summed E-state index contributed by atoms with van der Waals surface area (Å²) in [5, 5.41) is 7.54. The molecule has 0 radical (unpaired) electrons. The van der Waals surface area contributed by atoms with Gasteiger partial charge in [0.25, 0.3) is 0 Å². The summed E-state index contributed by atoms with van der Waals surface area (Å²) in [7, 11) is 0. The van der Waals surface area contributed by atoms with Gasteiger partial charge in [-0.3, -0.25) is 9.59 Å². The third-order valence-electron chi connectivity index (χ3n) is 4.15. The average molecular weight is 350 g/mol. The van der Waals surface area contributed by atoms with E-state index < -0.39 is 0 Å². The summed E-state index contributed by atoms with van der Waals surface area (Å²) in [6, 6.07) is 7.31. The molecule has 2 amide bonds. The van der Waals surface area contributed by atoms with E-state index in [9.17, 15) is 9.59 Å². The number of amides is 2. The Balaban J connectivity index is 1.71. The number of hydrogen-bond donors (Lipinski definition) is 2. The maximum Gasteiger partial charge on any atom is 0.243 e. The lowest BCUT2D eigenvalue weighted by Crippen LogP contribution is -2.30. The van der Waals surface area contributed by atoms with Gasteiger partial charge in [-0.15, -0.1) is 0 Å². The lowest BCUT2D eigenvalue weighted by atomic mass is 9.89. The van der Waals surface area contributed by atoms with Crippen LogP contribution in [0.25, 0.3) is 0 Å². The van der Waals surface area contributed by atoms with Gasteiger partial charge in [0.05, 0.1) is 6.42 Å². The highest BCUT2D eigenvalue weighted by molar-refractivity contribution is 6.30. The van der Waals surface area contributed by atoms with E-state index in [0.717, 1.165) is 31.2 Å². The van der Waals surface area contributed by atoms with Crippen molar-refractivity contribution >= 4 is 29.1 Å². The van der Waals surface area contributed by atoms with E-state index in [1.807, 2.05) is 12.1 Å². The molecule has 1 aliphatic carbocycles. The molecular weight excluding hydrogens is 326 g/mol. The Bertz CT molecular complexity index is 593. The molecule has 0 aliphatic heterocycles. The van der Waals surface area contributed by atoms with Crippen LogP contribution in [0.3, 0.4) is 0 Å². The number of hydrazone groups is 1. The largest absolute Gasteiger partial charge is 0.352 e. The number of rotatable bonds is 6. The molecule has 0 atom stereocenters. The molecule has 130 valence electrons. The van der Waals surface area contributed by atoms with Gasteiger partial charge in [0, 0.05) is 23.2 Å². The molecule has 0 unspecified atom stereocenters. The number of carbonyl (C=O) groups excluding carboxylic acids is 2. The van der Waals surface area contributed by atoms with Crippen molar-refractivity contribution in [1.82, 2.24) is 10.7 Å². The smallest absolute Gasteiger partial charge is 0.243 e. The number of nitrogens with zero attached hydrogens (tertiary/aromatic N) is 1. The van der Waals surface area contributed by atoms with Crippen LogP contribution >= 0.6 is 11.6 Å². The van der Waals surface area contributed by atoms with E-state index in [-0.39, 0.29) is 24.2 Å². The first kappa shape index (κ1) is 18.5. The first-order chi connectivity index (χ1) is 11.5. The van der Waals surface area contributed by atoms with Crippen LogP contribution in [0.1, 0.15) is 51.0 Å². The highest BCUT2D eigenvalue weighted by Crippen LogP contribution is 2.23.